The van der Waals surface area contributed by atoms with Gasteiger partial charge in [-0.1, -0.05) is 5.51 Å². The smallest absolute Gasteiger partial charge is 0 e. The molecule has 1 aromatic rings. The molecule has 0 spiro atoms. The van der Waals surface area contributed by atoms with Gasteiger partial charge in [0, 0.05) is 18.6 Å². The molecule has 1 aromatic heterocycles. The van der Waals surface area contributed by atoms with Gasteiger partial charge in [-0.2, -0.15) is 11.5 Å². The molecule has 0 bridgehead atoms. The van der Waals surface area contributed by atoms with Crippen LogP contribution >= 0.6 is 11.5 Å². The first-order chi connectivity index (χ1) is 2.50. The zero-order valence-electron chi connectivity index (χ0n) is 2.83. The largest absolute Gasteiger partial charge is 0.429 e. The van der Waals surface area contributed by atoms with Crippen LogP contribution in [0.3, 0.4) is 0 Å². The summed E-state index contributed by atoms with van der Waals surface area (Å²) in [7, 11) is 0. The van der Waals surface area contributed by atoms with Crippen LogP contribution in [0.25, 0.3) is 0 Å². The molecule has 2 nitrogen and oxygen atoms in total. The summed E-state index contributed by atoms with van der Waals surface area (Å²) in [6.07, 6.45) is 1.46. The van der Waals surface area contributed by atoms with Crippen molar-refractivity contribution in [2.75, 3.05) is 0 Å². The Morgan fingerprint density at radius 1 is 1.67 bits per heavy atom. The van der Waals surface area contributed by atoms with E-state index in [2.05, 4.69) is 14.9 Å². The van der Waals surface area contributed by atoms with Gasteiger partial charge in [-0.05, 0) is 6.33 Å². The van der Waals surface area contributed by atoms with E-state index in [0.29, 0.717) is 0 Å². The fraction of sp³-hybridized carbons (Fsp3) is 0. The Bertz CT molecular complexity index is 68.0. The molecule has 0 amide bonds. The van der Waals surface area contributed by atoms with Crippen molar-refractivity contribution < 1.29 is 18.6 Å². The molecule has 0 unspecified atom stereocenters. The molecule has 1 radical (unpaired) electrons. The molecule has 31 valence electrons. The normalized spacial score (nSPS) is 6.67. The molecule has 0 aliphatic rings. The average Bonchev–Trinajstić information content (AvgIpc) is 1.76. The Morgan fingerprint density at radius 2 is 2.50 bits per heavy atom. The van der Waals surface area contributed by atoms with Crippen LogP contribution in [0, 0.1) is 5.51 Å². The van der Waals surface area contributed by atoms with E-state index in [4.69, 9.17) is 0 Å². The molecule has 4 heteroatoms. The Kier molecular flexibility index (Phi) is 3.42. The number of hydrogen-bond acceptors (Lipinski definition) is 3. The summed E-state index contributed by atoms with van der Waals surface area (Å²) in [6, 6.07) is 0. The van der Waals surface area contributed by atoms with Gasteiger partial charge in [0.1, 0.15) is 0 Å². The van der Waals surface area contributed by atoms with E-state index in [-0.39, 0.29) is 18.6 Å². The van der Waals surface area contributed by atoms with Crippen molar-refractivity contribution in [1.29, 1.82) is 0 Å². The van der Waals surface area contributed by atoms with Crippen molar-refractivity contribution in [3.8, 4) is 0 Å². The maximum atomic E-state index is 3.60. The molecule has 0 atom stereocenters. The van der Waals surface area contributed by atoms with E-state index < -0.39 is 0 Å². The van der Waals surface area contributed by atoms with Crippen molar-refractivity contribution in [2.45, 2.75) is 0 Å². The second kappa shape index (κ2) is 3.34. The topological polar surface area (TPSA) is 25.8 Å². The number of hydrogen-bond donors (Lipinski definition) is 0. The summed E-state index contributed by atoms with van der Waals surface area (Å²) >= 11 is 1.23. The van der Waals surface area contributed by atoms with Gasteiger partial charge in [0.15, 0.2) is 0 Å². The van der Waals surface area contributed by atoms with Crippen molar-refractivity contribution in [1.82, 2.24) is 9.36 Å². The van der Waals surface area contributed by atoms with E-state index in [0.717, 1.165) is 0 Å². The fourth-order valence-corrected chi connectivity index (χ4v) is 0.354. The number of rotatable bonds is 0. The molecule has 0 fully saturated rings. The van der Waals surface area contributed by atoms with E-state index in [1.54, 1.807) is 0 Å². The van der Waals surface area contributed by atoms with E-state index in [1.807, 2.05) is 0 Å². The maximum absolute atomic E-state index is 3.60. The Hall–Kier alpha value is 0.144. The third kappa shape index (κ3) is 1.55. The maximum Gasteiger partial charge on any atom is 0 e. The Morgan fingerprint density at radius 3 is 2.67 bits per heavy atom. The minimum absolute atomic E-state index is 0. The van der Waals surface area contributed by atoms with Gasteiger partial charge >= 0.3 is 0 Å². The fourth-order valence-electron chi connectivity index (χ4n) is 0.118. The minimum Gasteiger partial charge on any atom is -0.429 e. The van der Waals surface area contributed by atoms with Crippen LogP contribution in [0.2, 0.25) is 0 Å². The summed E-state index contributed by atoms with van der Waals surface area (Å²) in [5, 5.41) is 0. The summed E-state index contributed by atoms with van der Waals surface area (Å²) in [4.78, 5) is 3.50. The van der Waals surface area contributed by atoms with Crippen LogP contribution in [0.1, 0.15) is 0 Å². The van der Waals surface area contributed by atoms with Crippen molar-refractivity contribution in [3.05, 3.63) is 11.8 Å². The third-order valence-corrected chi connectivity index (χ3v) is 0.638. The van der Waals surface area contributed by atoms with Crippen molar-refractivity contribution >= 4 is 11.5 Å². The zero-order chi connectivity index (χ0) is 3.54. The standard InChI is InChI=1S/C2HN2S.V/c1-3-2-5-4-1;/h1H;/q-1;. The Balaban J connectivity index is 0.000000250. The molecule has 0 N–H and O–H groups in total. The van der Waals surface area contributed by atoms with Gasteiger partial charge < -0.3 is 4.98 Å². The van der Waals surface area contributed by atoms with Crippen LogP contribution in [-0.2, 0) is 18.6 Å². The predicted octanol–water partition coefficient (Wildman–Crippen LogP) is 0.336. The van der Waals surface area contributed by atoms with Crippen LogP contribution in [0.5, 0.6) is 0 Å². The van der Waals surface area contributed by atoms with E-state index in [9.17, 15) is 0 Å². The summed E-state index contributed by atoms with van der Waals surface area (Å²) in [5.74, 6) is 0. The Labute approximate surface area is 51.7 Å². The molecule has 0 aliphatic carbocycles. The van der Waals surface area contributed by atoms with Gasteiger partial charge in [-0.15, -0.1) is 0 Å². The van der Waals surface area contributed by atoms with Crippen LogP contribution in [0.15, 0.2) is 6.33 Å². The molecule has 0 aliphatic heterocycles. The third-order valence-electron chi connectivity index (χ3n) is 0.251. The van der Waals surface area contributed by atoms with Gasteiger partial charge in [0.2, 0.25) is 0 Å². The quantitative estimate of drug-likeness (QED) is 0.480. The predicted molar refractivity (Wildman–Crippen MR) is 18.7 cm³/mol. The van der Waals surface area contributed by atoms with Crippen LogP contribution in [-0.4, -0.2) is 9.36 Å². The molecule has 1 heterocycles. The van der Waals surface area contributed by atoms with E-state index in [1.165, 1.54) is 17.9 Å². The minimum atomic E-state index is 0. The van der Waals surface area contributed by atoms with Gasteiger partial charge in [-0.3, -0.25) is 4.37 Å². The summed E-state index contributed by atoms with van der Waals surface area (Å²) < 4.78 is 3.60. The van der Waals surface area contributed by atoms with Gasteiger partial charge in [0.05, 0.1) is 0 Å². The number of aromatic nitrogens is 2. The molecule has 6 heavy (non-hydrogen) atoms. The molecule has 0 aromatic carbocycles. The SMILES string of the molecule is [V].[c-]1ncns1. The number of nitrogens with zero attached hydrogens (tertiary/aromatic N) is 2. The van der Waals surface area contributed by atoms with Crippen LogP contribution in [0.4, 0.5) is 0 Å². The van der Waals surface area contributed by atoms with Crippen LogP contribution < -0.4 is 0 Å². The second-order valence-corrected chi connectivity index (χ2v) is 1.11. The molecule has 0 saturated heterocycles. The molecular weight excluding hydrogens is 135 g/mol. The van der Waals surface area contributed by atoms with Crippen molar-refractivity contribution in [3.63, 3.8) is 0 Å². The monoisotopic (exact) mass is 136 g/mol. The summed E-state index contributed by atoms with van der Waals surface area (Å²) in [6.45, 7) is 0. The van der Waals surface area contributed by atoms with Gasteiger partial charge in [-0.25, -0.2) is 0 Å². The molecule has 1 rings (SSSR count). The average molecular weight is 136 g/mol. The first-order valence-corrected chi connectivity index (χ1v) is 1.90. The summed E-state index contributed by atoms with van der Waals surface area (Å²) in [5.41, 5.74) is 2.54. The van der Waals surface area contributed by atoms with E-state index >= 15 is 0 Å². The van der Waals surface area contributed by atoms with Gasteiger partial charge in [0.25, 0.3) is 0 Å². The first kappa shape index (κ1) is 6.14. The first-order valence-electron chi connectivity index (χ1n) is 1.13. The van der Waals surface area contributed by atoms with Crippen molar-refractivity contribution in [2.24, 2.45) is 0 Å². The molecular formula is C2HN2SV-. The molecule has 0 saturated carbocycles. The zero-order valence-corrected chi connectivity index (χ0v) is 5.04. The second-order valence-electron chi connectivity index (χ2n) is 0.533.